The quantitative estimate of drug-likeness (QED) is 0.801. The van der Waals surface area contributed by atoms with Gasteiger partial charge in [0.05, 0.1) is 25.9 Å². The Morgan fingerprint density at radius 3 is 3.00 bits per heavy atom. The Kier molecular flexibility index (Phi) is 4.52. The van der Waals surface area contributed by atoms with E-state index in [1.165, 1.54) is 6.42 Å². The van der Waals surface area contributed by atoms with Crippen LogP contribution >= 0.6 is 0 Å². The van der Waals surface area contributed by atoms with Crippen molar-refractivity contribution in [2.75, 3.05) is 18.5 Å². The number of aromatic nitrogens is 2. The minimum Gasteiger partial charge on any atom is -0.394 e. The van der Waals surface area contributed by atoms with E-state index in [4.69, 9.17) is 9.84 Å². The first-order valence-electron chi connectivity index (χ1n) is 7.42. The Morgan fingerprint density at radius 2 is 2.19 bits per heavy atom. The molecule has 1 aromatic carbocycles. The number of ether oxygens (including phenoxy) is 1. The number of nitrogens with zero attached hydrogens (tertiary/aromatic N) is 2. The molecular formula is C16H21N3O2. The van der Waals surface area contributed by atoms with Crippen LogP contribution in [0.25, 0.3) is 0 Å². The number of aliphatic hydroxyl groups is 1. The van der Waals surface area contributed by atoms with E-state index in [9.17, 15) is 0 Å². The molecule has 1 atom stereocenters. The van der Waals surface area contributed by atoms with Crippen LogP contribution in [0.5, 0.6) is 0 Å². The zero-order valence-corrected chi connectivity index (χ0v) is 12.0. The minimum absolute atomic E-state index is 0.0635. The van der Waals surface area contributed by atoms with Crippen molar-refractivity contribution in [3.05, 3.63) is 48.0 Å². The number of hydrogen-bond donors (Lipinski definition) is 2. The Balaban J connectivity index is 1.61. The first-order chi connectivity index (χ1) is 10.4. The lowest BCUT2D eigenvalue weighted by Gasteiger charge is -2.25. The fourth-order valence-electron chi connectivity index (χ4n) is 2.70. The van der Waals surface area contributed by atoms with Crippen LogP contribution in [0.15, 0.2) is 36.7 Å². The number of rotatable bonds is 6. The highest BCUT2D eigenvalue weighted by molar-refractivity contribution is 5.46. The van der Waals surface area contributed by atoms with Gasteiger partial charge in [-0.25, -0.2) is 4.98 Å². The summed E-state index contributed by atoms with van der Waals surface area (Å²) in [5, 5.41) is 12.2. The maximum atomic E-state index is 8.69. The number of hydrogen-bond acceptors (Lipinski definition) is 4. The number of fused-ring (bicyclic) bond motifs is 1. The maximum absolute atomic E-state index is 8.69. The lowest BCUT2D eigenvalue weighted by molar-refractivity contribution is 0.0815. The molecule has 1 aromatic heterocycles. The first-order valence-corrected chi connectivity index (χ1v) is 7.42. The molecule has 0 fully saturated rings. The predicted octanol–water partition coefficient (Wildman–Crippen LogP) is 2.34. The van der Waals surface area contributed by atoms with E-state index < -0.39 is 0 Å². The van der Waals surface area contributed by atoms with Crippen molar-refractivity contribution in [2.45, 2.75) is 32.0 Å². The summed E-state index contributed by atoms with van der Waals surface area (Å²) in [6.07, 6.45) is 6.20. The van der Waals surface area contributed by atoms with Crippen molar-refractivity contribution in [1.29, 1.82) is 0 Å². The molecule has 2 N–H and O–H groups in total. The summed E-state index contributed by atoms with van der Waals surface area (Å²) in [5.41, 5.74) is 2.21. The highest BCUT2D eigenvalue weighted by Gasteiger charge is 2.20. The number of nitrogens with one attached hydrogen (secondary N) is 1. The predicted molar refractivity (Wildman–Crippen MR) is 81.0 cm³/mol. The monoisotopic (exact) mass is 287 g/mol. The molecule has 0 radical (unpaired) electrons. The molecule has 0 amide bonds. The van der Waals surface area contributed by atoms with Gasteiger partial charge in [-0.2, -0.15) is 0 Å². The molecular weight excluding hydrogens is 266 g/mol. The summed E-state index contributed by atoms with van der Waals surface area (Å²) < 4.78 is 7.53. The van der Waals surface area contributed by atoms with E-state index in [-0.39, 0.29) is 12.6 Å². The number of benzene rings is 1. The van der Waals surface area contributed by atoms with Gasteiger partial charge in [0.1, 0.15) is 5.82 Å². The summed E-state index contributed by atoms with van der Waals surface area (Å²) in [5.74, 6) is 1.12. The molecule has 2 aromatic rings. The Bertz CT molecular complexity index is 565. The van der Waals surface area contributed by atoms with Crippen LogP contribution in [0.4, 0.5) is 5.69 Å². The molecule has 21 heavy (non-hydrogen) atoms. The first kappa shape index (κ1) is 14.1. The third-order valence-corrected chi connectivity index (χ3v) is 3.75. The van der Waals surface area contributed by atoms with Gasteiger partial charge in [0.25, 0.3) is 0 Å². The molecule has 2 heterocycles. The molecule has 5 nitrogen and oxygen atoms in total. The zero-order chi connectivity index (χ0) is 14.5. The maximum Gasteiger partial charge on any atom is 0.131 e. The van der Waals surface area contributed by atoms with Gasteiger partial charge < -0.3 is 19.7 Å². The third-order valence-electron chi connectivity index (χ3n) is 3.75. The second-order valence-corrected chi connectivity index (χ2v) is 5.29. The van der Waals surface area contributed by atoms with Gasteiger partial charge in [0.2, 0.25) is 0 Å². The van der Waals surface area contributed by atoms with Crippen molar-refractivity contribution >= 4 is 5.69 Å². The van der Waals surface area contributed by atoms with Gasteiger partial charge in [0, 0.05) is 24.6 Å². The minimum atomic E-state index is 0.0635. The lowest BCUT2D eigenvalue weighted by Crippen LogP contribution is -2.21. The molecule has 0 saturated carbocycles. The standard InChI is InChI=1S/C16H21N3O2/c20-10-11-21-12-13-3-5-14(6-4-13)18-15-2-1-8-19-9-7-17-16(15)19/h3-7,9,15,18,20H,1-2,8,10-12H2. The van der Waals surface area contributed by atoms with Crippen LogP contribution in [0.2, 0.25) is 0 Å². The summed E-state index contributed by atoms with van der Waals surface area (Å²) in [6.45, 7) is 2.04. The van der Waals surface area contributed by atoms with Crippen molar-refractivity contribution < 1.29 is 9.84 Å². The second-order valence-electron chi connectivity index (χ2n) is 5.29. The van der Waals surface area contributed by atoms with Crippen molar-refractivity contribution in [2.24, 2.45) is 0 Å². The SMILES string of the molecule is OCCOCc1ccc(NC2CCCn3ccnc32)cc1. The second kappa shape index (κ2) is 6.74. The van der Waals surface area contributed by atoms with E-state index in [2.05, 4.69) is 39.1 Å². The fraction of sp³-hybridized carbons (Fsp3) is 0.438. The lowest BCUT2D eigenvalue weighted by atomic mass is 10.1. The molecule has 1 aliphatic rings. The number of imidazole rings is 1. The highest BCUT2D eigenvalue weighted by atomic mass is 16.5. The molecule has 0 spiro atoms. The third kappa shape index (κ3) is 3.43. The molecule has 3 rings (SSSR count). The van der Waals surface area contributed by atoms with E-state index in [1.807, 2.05) is 12.4 Å². The van der Waals surface area contributed by atoms with Crippen LogP contribution in [-0.2, 0) is 17.9 Å². The molecule has 0 bridgehead atoms. The van der Waals surface area contributed by atoms with E-state index in [0.29, 0.717) is 13.2 Å². The zero-order valence-electron chi connectivity index (χ0n) is 12.0. The van der Waals surface area contributed by atoms with Crippen molar-refractivity contribution in [3.8, 4) is 0 Å². The van der Waals surface area contributed by atoms with Gasteiger partial charge in [-0.3, -0.25) is 0 Å². The smallest absolute Gasteiger partial charge is 0.131 e. The topological polar surface area (TPSA) is 59.3 Å². The highest BCUT2D eigenvalue weighted by Crippen LogP contribution is 2.27. The Labute approximate surface area is 124 Å². The van der Waals surface area contributed by atoms with Crippen LogP contribution in [0.3, 0.4) is 0 Å². The summed E-state index contributed by atoms with van der Waals surface area (Å²) in [7, 11) is 0. The van der Waals surface area contributed by atoms with Crippen molar-refractivity contribution in [3.63, 3.8) is 0 Å². The molecule has 0 aliphatic carbocycles. The average molecular weight is 287 g/mol. The Morgan fingerprint density at radius 1 is 1.33 bits per heavy atom. The Hall–Kier alpha value is -1.85. The summed E-state index contributed by atoms with van der Waals surface area (Å²) in [4.78, 5) is 4.46. The van der Waals surface area contributed by atoms with Gasteiger partial charge in [0.15, 0.2) is 0 Å². The van der Waals surface area contributed by atoms with Gasteiger partial charge >= 0.3 is 0 Å². The van der Waals surface area contributed by atoms with E-state index >= 15 is 0 Å². The number of anilines is 1. The van der Waals surface area contributed by atoms with Crippen LogP contribution in [0.1, 0.15) is 30.3 Å². The molecule has 5 heteroatoms. The van der Waals surface area contributed by atoms with Crippen molar-refractivity contribution in [1.82, 2.24) is 9.55 Å². The molecule has 112 valence electrons. The average Bonchev–Trinajstić information content (AvgIpc) is 2.99. The largest absolute Gasteiger partial charge is 0.394 e. The van der Waals surface area contributed by atoms with Crippen LogP contribution < -0.4 is 5.32 Å². The number of aliphatic hydroxyl groups excluding tert-OH is 1. The summed E-state index contributed by atoms with van der Waals surface area (Å²) >= 11 is 0. The van der Waals surface area contributed by atoms with Gasteiger partial charge in [-0.1, -0.05) is 12.1 Å². The van der Waals surface area contributed by atoms with Gasteiger partial charge in [-0.15, -0.1) is 0 Å². The molecule has 1 unspecified atom stereocenters. The van der Waals surface area contributed by atoms with Crippen LogP contribution in [-0.4, -0.2) is 27.9 Å². The summed E-state index contributed by atoms with van der Waals surface area (Å²) in [6, 6.07) is 8.52. The number of aryl methyl sites for hydroxylation is 1. The van der Waals surface area contributed by atoms with Gasteiger partial charge in [-0.05, 0) is 30.5 Å². The molecule has 0 saturated heterocycles. The van der Waals surface area contributed by atoms with E-state index in [1.54, 1.807) is 0 Å². The molecule has 1 aliphatic heterocycles. The van der Waals surface area contributed by atoms with E-state index in [0.717, 1.165) is 30.0 Å². The normalized spacial score (nSPS) is 17.5. The fourth-order valence-corrected chi connectivity index (χ4v) is 2.70. The van der Waals surface area contributed by atoms with Crippen LogP contribution in [0, 0.1) is 0 Å².